The third-order valence-electron chi connectivity index (χ3n) is 4.79. The lowest BCUT2D eigenvalue weighted by molar-refractivity contribution is -0.141. The summed E-state index contributed by atoms with van der Waals surface area (Å²) in [6.45, 7) is 5.20. The molecule has 3 rings (SSSR count). The number of rotatable bonds is 4. The van der Waals surface area contributed by atoms with Crippen molar-refractivity contribution in [1.82, 2.24) is 9.88 Å². The van der Waals surface area contributed by atoms with Crippen LogP contribution in [-0.4, -0.2) is 46.4 Å². The minimum absolute atomic E-state index is 0.0157. The van der Waals surface area contributed by atoms with Crippen LogP contribution in [0.15, 0.2) is 42.6 Å². The summed E-state index contributed by atoms with van der Waals surface area (Å²) in [5, 5.41) is 4.94. The quantitative estimate of drug-likeness (QED) is 0.601. The normalized spacial score (nSPS) is 18.3. The minimum Gasteiger partial charge on any atom is -0.444 e. The number of benzene rings is 1. The molecular formula is C22H24F4N4O3. The first kappa shape index (κ1) is 24.3. The highest BCUT2D eigenvalue weighted by Gasteiger charge is 2.44. The van der Waals surface area contributed by atoms with Crippen molar-refractivity contribution in [2.45, 2.75) is 51.2 Å². The first-order valence-corrected chi connectivity index (χ1v) is 10.2. The number of carbonyl (C=O) groups excluding carboxylic acids is 2. The van der Waals surface area contributed by atoms with E-state index < -0.39 is 41.8 Å². The highest BCUT2D eigenvalue weighted by Crippen LogP contribution is 2.29. The van der Waals surface area contributed by atoms with Crippen molar-refractivity contribution >= 4 is 23.5 Å². The fraction of sp³-hybridized carbons (Fsp3) is 0.409. The van der Waals surface area contributed by atoms with Gasteiger partial charge in [-0.2, -0.15) is 13.2 Å². The number of halogens is 4. The molecular weight excluding hydrogens is 444 g/mol. The Bertz CT molecular complexity index is 989. The number of ether oxygens (including phenoxy) is 1. The van der Waals surface area contributed by atoms with E-state index in [1.807, 2.05) is 0 Å². The van der Waals surface area contributed by atoms with Crippen LogP contribution in [0.3, 0.4) is 0 Å². The summed E-state index contributed by atoms with van der Waals surface area (Å²) in [4.78, 5) is 28.9. The lowest BCUT2D eigenvalue weighted by Crippen LogP contribution is -2.62. The van der Waals surface area contributed by atoms with Gasteiger partial charge in [0, 0.05) is 5.69 Å². The fourth-order valence-corrected chi connectivity index (χ4v) is 3.17. The highest BCUT2D eigenvalue weighted by atomic mass is 19.4. The van der Waals surface area contributed by atoms with Gasteiger partial charge in [0.1, 0.15) is 17.5 Å². The SMILES string of the molecule is CC(C)(C)OC(=O)N1C[C@H](F)[C@@H]1Cc1ccc(NC(=O)Nc2ccc(C(F)(F)F)nc2)cc1. The molecule has 2 N–H and O–H groups in total. The Morgan fingerprint density at radius 3 is 2.18 bits per heavy atom. The monoisotopic (exact) mass is 468 g/mol. The van der Waals surface area contributed by atoms with E-state index in [2.05, 4.69) is 15.6 Å². The number of hydrogen-bond acceptors (Lipinski definition) is 4. The molecule has 1 aliphatic heterocycles. The Hall–Kier alpha value is -3.37. The van der Waals surface area contributed by atoms with Gasteiger partial charge >= 0.3 is 18.3 Å². The molecule has 1 aromatic carbocycles. The summed E-state index contributed by atoms with van der Waals surface area (Å²) < 4.78 is 57.0. The Morgan fingerprint density at radius 2 is 1.67 bits per heavy atom. The van der Waals surface area contributed by atoms with Crippen molar-refractivity contribution < 1.29 is 31.9 Å². The van der Waals surface area contributed by atoms with Crippen LogP contribution in [0.2, 0.25) is 0 Å². The molecule has 0 bridgehead atoms. The molecule has 3 amide bonds. The summed E-state index contributed by atoms with van der Waals surface area (Å²) >= 11 is 0. The molecule has 1 saturated heterocycles. The van der Waals surface area contributed by atoms with Crippen molar-refractivity contribution in [2.75, 3.05) is 17.2 Å². The number of anilines is 2. The van der Waals surface area contributed by atoms with E-state index in [0.717, 1.165) is 23.9 Å². The Balaban J connectivity index is 1.53. The van der Waals surface area contributed by atoms with Crippen LogP contribution >= 0.6 is 0 Å². The van der Waals surface area contributed by atoms with E-state index in [-0.39, 0.29) is 18.7 Å². The van der Waals surface area contributed by atoms with Crippen LogP contribution in [0.1, 0.15) is 32.0 Å². The summed E-state index contributed by atoms with van der Waals surface area (Å²) in [5.74, 6) is 0. The lowest BCUT2D eigenvalue weighted by Gasteiger charge is -2.44. The third-order valence-corrected chi connectivity index (χ3v) is 4.79. The van der Waals surface area contributed by atoms with Crippen molar-refractivity contribution in [3.05, 3.63) is 53.9 Å². The maximum absolute atomic E-state index is 14.1. The van der Waals surface area contributed by atoms with E-state index in [4.69, 9.17) is 4.74 Å². The molecule has 1 aliphatic rings. The van der Waals surface area contributed by atoms with Crippen molar-refractivity contribution in [1.29, 1.82) is 0 Å². The smallest absolute Gasteiger partial charge is 0.433 e. The largest absolute Gasteiger partial charge is 0.444 e. The number of urea groups is 1. The van der Waals surface area contributed by atoms with Crippen molar-refractivity contribution in [3.63, 3.8) is 0 Å². The van der Waals surface area contributed by atoms with Gasteiger partial charge < -0.3 is 15.4 Å². The Labute approximate surface area is 188 Å². The molecule has 33 heavy (non-hydrogen) atoms. The van der Waals surface area contributed by atoms with Gasteiger partial charge in [0.15, 0.2) is 0 Å². The predicted octanol–water partition coefficient (Wildman–Crippen LogP) is 5.24. The van der Waals surface area contributed by atoms with E-state index in [0.29, 0.717) is 5.69 Å². The van der Waals surface area contributed by atoms with Crippen LogP contribution in [0.25, 0.3) is 0 Å². The number of alkyl halides is 4. The summed E-state index contributed by atoms with van der Waals surface area (Å²) in [6.07, 6.45) is -5.08. The molecule has 2 atom stereocenters. The number of nitrogens with zero attached hydrogens (tertiary/aromatic N) is 2. The van der Waals surface area contributed by atoms with Gasteiger partial charge in [-0.3, -0.25) is 4.90 Å². The second-order valence-electron chi connectivity index (χ2n) is 8.63. The first-order chi connectivity index (χ1) is 15.3. The molecule has 7 nitrogen and oxygen atoms in total. The van der Waals surface area contributed by atoms with E-state index in [1.54, 1.807) is 45.0 Å². The Kier molecular flexibility index (Phi) is 6.80. The molecule has 1 aromatic heterocycles. The lowest BCUT2D eigenvalue weighted by atomic mass is 9.94. The number of aromatic nitrogens is 1. The van der Waals surface area contributed by atoms with E-state index >= 15 is 0 Å². The molecule has 1 fully saturated rings. The zero-order valence-electron chi connectivity index (χ0n) is 18.2. The topological polar surface area (TPSA) is 83.6 Å². The van der Waals surface area contributed by atoms with E-state index in [9.17, 15) is 27.2 Å². The van der Waals surface area contributed by atoms with Gasteiger partial charge in [0.05, 0.1) is 24.5 Å². The number of amides is 3. The standard InChI is InChI=1S/C22H24F4N4O3/c1-21(2,3)33-20(32)30-12-16(23)17(30)10-13-4-6-14(7-5-13)28-19(31)29-15-8-9-18(27-11-15)22(24,25)26/h4-9,11,16-17H,10,12H2,1-3H3,(H2,28,29,31)/t16-,17-/m0/s1. The van der Waals surface area contributed by atoms with Gasteiger partial charge in [-0.15, -0.1) is 0 Å². The molecule has 0 aliphatic carbocycles. The number of likely N-dealkylation sites (tertiary alicyclic amines) is 1. The fourth-order valence-electron chi connectivity index (χ4n) is 3.17. The van der Waals surface area contributed by atoms with Crippen molar-refractivity contribution in [2.24, 2.45) is 0 Å². The second kappa shape index (κ2) is 9.24. The molecule has 0 spiro atoms. The Morgan fingerprint density at radius 1 is 1.06 bits per heavy atom. The average Bonchev–Trinajstić information content (AvgIpc) is 2.69. The molecule has 0 radical (unpaired) electrons. The summed E-state index contributed by atoms with van der Waals surface area (Å²) in [6, 6.07) is 7.15. The summed E-state index contributed by atoms with van der Waals surface area (Å²) in [7, 11) is 0. The maximum atomic E-state index is 14.1. The van der Waals surface area contributed by atoms with Crippen LogP contribution in [0.4, 0.5) is 38.5 Å². The highest BCUT2D eigenvalue weighted by molar-refractivity contribution is 5.99. The van der Waals surface area contributed by atoms with Gasteiger partial charge in [-0.25, -0.2) is 19.0 Å². The number of hydrogen-bond donors (Lipinski definition) is 2. The first-order valence-electron chi connectivity index (χ1n) is 10.2. The predicted molar refractivity (Wildman–Crippen MR) is 114 cm³/mol. The number of carbonyl (C=O) groups is 2. The molecule has 0 saturated carbocycles. The zero-order chi connectivity index (χ0) is 24.4. The number of pyridine rings is 1. The zero-order valence-corrected chi connectivity index (χ0v) is 18.2. The van der Waals surface area contributed by atoms with Crippen LogP contribution in [0, 0.1) is 0 Å². The number of nitrogens with one attached hydrogen (secondary N) is 2. The van der Waals surface area contributed by atoms with Crippen LogP contribution in [-0.2, 0) is 17.3 Å². The average molecular weight is 468 g/mol. The third kappa shape index (κ3) is 6.56. The van der Waals surface area contributed by atoms with Crippen LogP contribution in [0.5, 0.6) is 0 Å². The molecule has 2 aromatic rings. The molecule has 178 valence electrons. The molecule has 2 heterocycles. The van der Waals surface area contributed by atoms with Gasteiger partial charge in [-0.1, -0.05) is 12.1 Å². The minimum atomic E-state index is -4.56. The van der Waals surface area contributed by atoms with E-state index in [1.165, 1.54) is 4.90 Å². The van der Waals surface area contributed by atoms with Gasteiger partial charge in [0.2, 0.25) is 0 Å². The molecule has 0 unspecified atom stereocenters. The van der Waals surface area contributed by atoms with Gasteiger partial charge in [-0.05, 0) is 57.0 Å². The maximum Gasteiger partial charge on any atom is 0.433 e. The second-order valence-corrected chi connectivity index (χ2v) is 8.63. The van der Waals surface area contributed by atoms with Crippen molar-refractivity contribution in [3.8, 4) is 0 Å². The molecule has 11 heteroatoms. The van der Waals surface area contributed by atoms with Crippen LogP contribution < -0.4 is 10.6 Å². The van der Waals surface area contributed by atoms with Gasteiger partial charge in [0.25, 0.3) is 0 Å². The summed E-state index contributed by atoms with van der Waals surface area (Å²) in [5.41, 5.74) is -0.457.